The lowest BCUT2D eigenvalue weighted by Gasteiger charge is -2.52. The van der Waals surface area contributed by atoms with Crippen molar-refractivity contribution in [2.75, 3.05) is 0 Å². The van der Waals surface area contributed by atoms with Crippen LogP contribution < -0.4 is 11.2 Å². The van der Waals surface area contributed by atoms with Crippen molar-refractivity contribution in [2.24, 2.45) is 27.6 Å². The second kappa shape index (κ2) is 7.30. The standard InChI is InChI=1S/C31H31N5O/c32-29(18-30(37,19-29)23-10-11-23)22-8-12-25(13-9-22)31(24-4-2-1-3-5-24)15-14-21-17-33-27-16-26(20-6-7-20)35-36(27)28(21)34-31/h1-5,8-9,12-17,20,23,35,37H,6-7,10-11,18-19,32H2/t29-,30-,31?. The first-order chi connectivity index (χ1) is 18.0. The number of nitrogens with zero attached hydrogens (tertiary/aromatic N) is 3. The molecule has 2 aromatic carbocycles. The number of aliphatic hydroxyl groups is 1. The van der Waals surface area contributed by atoms with Gasteiger partial charge in [-0.2, -0.15) is 0 Å². The third-order valence-corrected chi connectivity index (χ3v) is 9.06. The van der Waals surface area contributed by atoms with Crippen molar-refractivity contribution in [3.63, 3.8) is 0 Å². The van der Waals surface area contributed by atoms with E-state index in [4.69, 9.17) is 10.7 Å². The van der Waals surface area contributed by atoms with Gasteiger partial charge in [0.05, 0.1) is 5.60 Å². The fourth-order valence-corrected chi connectivity index (χ4v) is 6.64. The maximum absolute atomic E-state index is 10.9. The summed E-state index contributed by atoms with van der Waals surface area (Å²) in [5.41, 5.74) is 14.2. The molecule has 3 aliphatic heterocycles. The average molecular weight is 490 g/mol. The van der Waals surface area contributed by atoms with Gasteiger partial charge in [0, 0.05) is 35.0 Å². The lowest BCUT2D eigenvalue weighted by molar-refractivity contribution is -0.106. The summed E-state index contributed by atoms with van der Waals surface area (Å²) in [6.45, 7) is 0. The van der Waals surface area contributed by atoms with Crippen molar-refractivity contribution in [1.82, 2.24) is 10.4 Å². The fraction of sp³-hybridized carbons (Fsp3) is 0.355. The first kappa shape index (κ1) is 21.6. The Hall–Kier alpha value is -3.48. The Bertz CT molecular complexity index is 1440. The van der Waals surface area contributed by atoms with Gasteiger partial charge in [-0.25, -0.2) is 15.0 Å². The molecule has 0 radical (unpaired) electrons. The van der Waals surface area contributed by atoms with E-state index in [9.17, 15) is 5.11 Å². The van der Waals surface area contributed by atoms with Crippen LogP contribution in [-0.4, -0.2) is 27.4 Å². The number of nitrogens with two attached hydrogens (primary N) is 1. The van der Waals surface area contributed by atoms with Gasteiger partial charge in [-0.05, 0) is 67.2 Å². The Morgan fingerprint density at radius 2 is 1.62 bits per heavy atom. The van der Waals surface area contributed by atoms with Crippen LogP contribution in [0.1, 0.15) is 55.2 Å². The molecular formula is C31H31N5O. The summed E-state index contributed by atoms with van der Waals surface area (Å²) < 4.78 is 0. The number of dihydropyridines is 1. The molecule has 1 unspecified atom stereocenters. The minimum atomic E-state index is -0.672. The van der Waals surface area contributed by atoms with E-state index in [-0.39, 0.29) is 0 Å². The Morgan fingerprint density at radius 1 is 0.919 bits per heavy atom. The third kappa shape index (κ3) is 3.25. The molecule has 186 valence electrons. The largest absolute Gasteiger partial charge is 0.389 e. The van der Waals surface area contributed by atoms with Gasteiger partial charge in [0.15, 0.2) is 11.7 Å². The van der Waals surface area contributed by atoms with E-state index in [0.717, 1.165) is 46.8 Å². The van der Waals surface area contributed by atoms with Crippen LogP contribution in [-0.2, 0) is 11.1 Å². The molecule has 6 heteroatoms. The minimum absolute atomic E-state index is 0.438. The summed E-state index contributed by atoms with van der Waals surface area (Å²) in [4.78, 5) is 10.1. The third-order valence-electron chi connectivity index (χ3n) is 9.06. The number of rotatable bonds is 5. The zero-order valence-electron chi connectivity index (χ0n) is 20.8. The van der Waals surface area contributed by atoms with Gasteiger partial charge in [0.1, 0.15) is 5.54 Å². The number of hydrazine groups is 1. The number of nitrogens with one attached hydrogen (secondary N) is 1. The average Bonchev–Trinajstić information content (AvgIpc) is 3.85. The highest BCUT2D eigenvalue weighted by Crippen LogP contribution is 2.57. The van der Waals surface area contributed by atoms with E-state index in [0.29, 0.717) is 24.7 Å². The van der Waals surface area contributed by atoms with E-state index in [1.165, 1.54) is 18.5 Å². The summed E-state index contributed by atoms with van der Waals surface area (Å²) in [6, 6.07) is 19.1. The molecule has 0 amide bonds. The number of allylic oxidation sites excluding steroid dienone is 1. The molecule has 3 saturated carbocycles. The summed E-state index contributed by atoms with van der Waals surface area (Å²) in [5.74, 6) is 2.83. The van der Waals surface area contributed by atoms with Crippen LogP contribution in [0.2, 0.25) is 0 Å². The number of aliphatic imine (C=N–C) groups is 2. The van der Waals surface area contributed by atoms with E-state index in [1.807, 2.05) is 17.3 Å². The highest BCUT2D eigenvalue weighted by atomic mass is 16.3. The van der Waals surface area contributed by atoms with Gasteiger partial charge in [-0.15, -0.1) is 0 Å². The lowest BCUT2D eigenvalue weighted by atomic mass is 9.60. The van der Waals surface area contributed by atoms with Gasteiger partial charge in [-0.1, -0.05) is 60.7 Å². The predicted molar refractivity (Wildman–Crippen MR) is 144 cm³/mol. The molecule has 0 aromatic heterocycles. The lowest BCUT2D eigenvalue weighted by Crippen LogP contribution is -2.60. The van der Waals surface area contributed by atoms with Crippen molar-refractivity contribution in [1.29, 1.82) is 0 Å². The predicted octanol–water partition coefficient (Wildman–Crippen LogP) is 4.40. The summed E-state index contributed by atoms with van der Waals surface area (Å²) >= 11 is 0. The molecule has 3 fully saturated rings. The first-order valence-electron chi connectivity index (χ1n) is 13.5. The Labute approximate surface area is 217 Å². The van der Waals surface area contributed by atoms with Gasteiger partial charge in [-0.3, -0.25) is 5.43 Å². The van der Waals surface area contributed by atoms with Crippen LogP contribution in [0.4, 0.5) is 0 Å². The van der Waals surface area contributed by atoms with E-state index in [2.05, 4.69) is 77.2 Å². The zero-order valence-corrected chi connectivity index (χ0v) is 20.8. The first-order valence-corrected chi connectivity index (χ1v) is 13.5. The molecule has 0 saturated heterocycles. The van der Waals surface area contributed by atoms with Gasteiger partial charge in [0.25, 0.3) is 0 Å². The van der Waals surface area contributed by atoms with E-state index < -0.39 is 16.7 Å². The smallest absolute Gasteiger partial charge is 0.159 e. The van der Waals surface area contributed by atoms with Crippen molar-refractivity contribution in [3.05, 3.63) is 107 Å². The zero-order chi connectivity index (χ0) is 24.8. The normalized spacial score (nSPS) is 33.8. The number of hydrogen-bond donors (Lipinski definition) is 3. The molecule has 6 aliphatic rings. The van der Waals surface area contributed by atoms with Crippen LogP contribution in [0.15, 0.2) is 100 Å². The van der Waals surface area contributed by atoms with Crippen LogP contribution in [0, 0.1) is 11.8 Å². The van der Waals surface area contributed by atoms with Crippen molar-refractivity contribution in [3.8, 4) is 0 Å². The van der Waals surface area contributed by atoms with Crippen LogP contribution in [0.5, 0.6) is 0 Å². The Kier molecular flexibility index (Phi) is 4.26. The highest BCUT2D eigenvalue weighted by Gasteiger charge is 2.59. The maximum atomic E-state index is 10.9. The summed E-state index contributed by atoms with van der Waals surface area (Å²) in [7, 11) is 0. The van der Waals surface area contributed by atoms with Crippen LogP contribution in [0.25, 0.3) is 0 Å². The van der Waals surface area contributed by atoms with Crippen LogP contribution >= 0.6 is 0 Å². The SMILES string of the molecule is N[C@]1(c2ccc(C3(c4ccccc4)C=CC4=CN=C5C=C(C6CC6)NN5C4=N3)cc2)C[C@](O)(C2CC2)C1. The number of benzene rings is 2. The van der Waals surface area contributed by atoms with E-state index in [1.54, 1.807) is 0 Å². The molecule has 8 rings (SSSR count). The quantitative estimate of drug-likeness (QED) is 0.581. The molecule has 4 N–H and O–H groups in total. The van der Waals surface area contributed by atoms with Gasteiger partial charge in [0.2, 0.25) is 0 Å². The second-order valence-corrected chi connectivity index (χ2v) is 11.8. The minimum Gasteiger partial charge on any atom is -0.389 e. The molecule has 6 nitrogen and oxygen atoms in total. The highest BCUT2D eigenvalue weighted by molar-refractivity contribution is 6.17. The molecule has 1 atom stereocenters. The molecule has 37 heavy (non-hydrogen) atoms. The van der Waals surface area contributed by atoms with Gasteiger partial charge < -0.3 is 10.8 Å². The van der Waals surface area contributed by atoms with Crippen molar-refractivity contribution >= 4 is 11.7 Å². The maximum Gasteiger partial charge on any atom is 0.159 e. The Morgan fingerprint density at radius 3 is 2.32 bits per heavy atom. The monoisotopic (exact) mass is 489 g/mol. The second-order valence-electron chi connectivity index (χ2n) is 11.8. The van der Waals surface area contributed by atoms with E-state index >= 15 is 0 Å². The molecule has 0 bridgehead atoms. The number of fused-ring (bicyclic) bond motifs is 3. The molecular weight excluding hydrogens is 458 g/mol. The number of amidine groups is 2. The fourth-order valence-electron chi connectivity index (χ4n) is 6.64. The van der Waals surface area contributed by atoms with Crippen molar-refractivity contribution in [2.45, 2.75) is 55.2 Å². The topological polar surface area (TPSA) is 86.2 Å². The van der Waals surface area contributed by atoms with Crippen molar-refractivity contribution < 1.29 is 5.11 Å². The van der Waals surface area contributed by atoms with Crippen LogP contribution in [0.3, 0.4) is 0 Å². The molecule has 3 heterocycles. The number of hydrogen-bond acceptors (Lipinski definition) is 6. The summed E-state index contributed by atoms with van der Waals surface area (Å²) in [6.07, 6.45) is 14.4. The van der Waals surface area contributed by atoms with Gasteiger partial charge >= 0.3 is 0 Å². The molecule has 2 aromatic rings. The molecule has 3 aliphatic carbocycles. The summed E-state index contributed by atoms with van der Waals surface area (Å²) in [5, 5.41) is 12.9. The Balaban J connectivity index is 1.17. The molecule has 0 spiro atoms.